The number of halogens is 6. The minimum Gasteiger partial charge on any atom is -0.346 e. The predicted octanol–water partition coefficient (Wildman–Crippen LogP) is 12.4. The molecule has 0 radical (unpaired) electrons. The number of alkyl halides is 3. The summed E-state index contributed by atoms with van der Waals surface area (Å²) in [4.78, 5) is 39.7. The molecule has 0 aliphatic heterocycles. The van der Waals surface area contributed by atoms with Crippen molar-refractivity contribution in [3.63, 3.8) is 0 Å². The first-order valence-electron chi connectivity index (χ1n) is 19.8. The van der Waals surface area contributed by atoms with E-state index >= 15 is 0 Å². The van der Waals surface area contributed by atoms with Crippen LogP contribution in [0.2, 0.25) is 5.02 Å². The van der Waals surface area contributed by atoms with Gasteiger partial charge in [-0.25, -0.2) is 28.3 Å². The van der Waals surface area contributed by atoms with Crippen LogP contribution in [0.4, 0.5) is 54.3 Å². The molecular formula is C47H34ClF5N10O2. The second-order valence-corrected chi connectivity index (χ2v) is 15.2. The lowest BCUT2D eigenvalue weighted by Crippen LogP contribution is -2.20. The van der Waals surface area contributed by atoms with Gasteiger partial charge in [-0.2, -0.15) is 13.2 Å². The third-order valence-corrected chi connectivity index (χ3v) is 10.9. The zero-order chi connectivity index (χ0) is 45.2. The van der Waals surface area contributed by atoms with Gasteiger partial charge < -0.3 is 40.4 Å². The molecule has 0 spiro atoms. The Labute approximate surface area is 370 Å². The number of anilines is 4. The molecule has 0 saturated heterocycles. The number of carbonyl (C=O) groups is 2. The van der Waals surface area contributed by atoms with E-state index in [-0.39, 0.29) is 5.69 Å². The summed E-state index contributed by atoms with van der Waals surface area (Å²) < 4.78 is 70.8. The molecule has 0 fully saturated rings. The average molecular weight is 901 g/mol. The summed E-state index contributed by atoms with van der Waals surface area (Å²) in [5, 5.41) is 14.1. The number of carbonyl (C=O) groups excluding carboxylic acids is 2. The van der Waals surface area contributed by atoms with E-state index in [4.69, 9.17) is 11.6 Å². The summed E-state index contributed by atoms with van der Waals surface area (Å²) in [5.41, 5.74) is 5.08. The largest absolute Gasteiger partial charge is 0.416 e. The minimum atomic E-state index is -4.66. The van der Waals surface area contributed by atoms with Crippen LogP contribution in [0.25, 0.3) is 43.9 Å². The highest BCUT2D eigenvalue weighted by Crippen LogP contribution is 2.33. The molecule has 12 nitrogen and oxygen atoms in total. The lowest BCUT2D eigenvalue weighted by molar-refractivity contribution is -0.137. The van der Waals surface area contributed by atoms with Crippen LogP contribution in [0.15, 0.2) is 146 Å². The fourth-order valence-corrected chi connectivity index (χ4v) is 7.73. The van der Waals surface area contributed by atoms with Crippen molar-refractivity contribution in [1.29, 1.82) is 0 Å². The van der Waals surface area contributed by atoms with Crippen LogP contribution in [-0.2, 0) is 19.3 Å². The quantitative estimate of drug-likeness (QED) is 0.0842. The second kappa shape index (κ2) is 17.5. The third kappa shape index (κ3) is 9.03. The number of aromatic amines is 2. The van der Waals surface area contributed by atoms with Gasteiger partial charge in [-0.05, 0) is 108 Å². The van der Waals surface area contributed by atoms with Gasteiger partial charge in [0.2, 0.25) is 0 Å². The number of nitrogens with one attached hydrogen (secondary N) is 6. The fraction of sp³-hybridized carbons (Fsp3) is 0.0638. The molecule has 6 heterocycles. The van der Waals surface area contributed by atoms with Crippen molar-refractivity contribution in [3.8, 4) is 0 Å². The maximum atomic E-state index is 14.0. The molecule has 0 aliphatic carbocycles. The molecule has 0 unspecified atom stereocenters. The molecule has 10 rings (SSSR count). The lowest BCUT2D eigenvalue weighted by atomic mass is 10.2. The Hall–Kier alpha value is -8.18. The molecule has 326 valence electrons. The van der Waals surface area contributed by atoms with Crippen molar-refractivity contribution in [2.24, 2.45) is 0 Å². The van der Waals surface area contributed by atoms with E-state index in [9.17, 15) is 31.5 Å². The maximum absolute atomic E-state index is 14.0. The SMILES string of the molecule is O=C(Nc1cc(C(F)(F)F)ccc1F)Nc1cccc2c1ccn2Cc1ccnc2[nH]ccc12.O=C(Nc1cc(Cl)ccc1F)Nc1cccc2c1ccn2Cc1ccnc2[nH]ccc12. The summed E-state index contributed by atoms with van der Waals surface area (Å²) in [6.07, 6.45) is 6.40. The van der Waals surface area contributed by atoms with E-state index < -0.39 is 41.1 Å². The summed E-state index contributed by atoms with van der Waals surface area (Å²) in [7, 11) is 0. The monoisotopic (exact) mass is 900 g/mol. The highest BCUT2D eigenvalue weighted by molar-refractivity contribution is 6.31. The molecule has 10 aromatic rings. The van der Waals surface area contributed by atoms with Crippen LogP contribution < -0.4 is 21.3 Å². The molecule has 65 heavy (non-hydrogen) atoms. The van der Waals surface area contributed by atoms with E-state index in [1.807, 2.05) is 84.0 Å². The minimum absolute atomic E-state index is 0.0166. The van der Waals surface area contributed by atoms with Crippen molar-refractivity contribution < 1.29 is 31.5 Å². The van der Waals surface area contributed by atoms with Crippen molar-refractivity contribution in [3.05, 3.63) is 180 Å². The van der Waals surface area contributed by atoms with Crippen molar-refractivity contribution in [1.82, 2.24) is 29.1 Å². The number of benzene rings is 4. The Bertz CT molecular complexity index is 3390. The van der Waals surface area contributed by atoms with Gasteiger partial charge in [0, 0.05) is 76.8 Å². The first-order chi connectivity index (χ1) is 31.4. The number of pyridine rings is 2. The number of fused-ring (bicyclic) bond motifs is 4. The number of urea groups is 2. The highest BCUT2D eigenvalue weighted by atomic mass is 35.5. The van der Waals surface area contributed by atoms with Gasteiger partial charge in [-0.15, -0.1) is 0 Å². The number of hydrogen-bond acceptors (Lipinski definition) is 4. The van der Waals surface area contributed by atoms with Crippen LogP contribution in [-0.4, -0.2) is 41.1 Å². The van der Waals surface area contributed by atoms with E-state index in [1.54, 1.807) is 30.6 Å². The maximum Gasteiger partial charge on any atom is 0.416 e. The number of hydrogen-bond donors (Lipinski definition) is 6. The molecule has 0 saturated carbocycles. The molecule has 18 heteroatoms. The van der Waals surface area contributed by atoms with E-state index in [0.29, 0.717) is 47.7 Å². The Morgan fingerprint density at radius 3 is 1.55 bits per heavy atom. The molecule has 0 bridgehead atoms. The van der Waals surface area contributed by atoms with Crippen molar-refractivity contribution >= 4 is 90.3 Å². The Morgan fingerprint density at radius 2 is 1.05 bits per heavy atom. The van der Waals surface area contributed by atoms with Gasteiger partial charge in [-0.3, -0.25) is 0 Å². The van der Waals surface area contributed by atoms with Crippen LogP contribution in [0.5, 0.6) is 0 Å². The predicted molar refractivity (Wildman–Crippen MR) is 242 cm³/mol. The van der Waals surface area contributed by atoms with E-state index in [1.165, 1.54) is 18.2 Å². The van der Waals surface area contributed by atoms with Gasteiger partial charge in [0.1, 0.15) is 22.9 Å². The van der Waals surface area contributed by atoms with Gasteiger partial charge >= 0.3 is 18.2 Å². The number of nitrogens with zero attached hydrogens (tertiary/aromatic N) is 4. The van der Waals surface area contributed by atoms with Crippen LogP contribution >= 0.6 is 11.6 Å². The smallest absolute Gasteiger partial charge is 0.346 e. The van der Waals surface area contributed by atoms with Gasteiger partial charge in [0.25, 0.3) is 0 Å². The fourth-order valence-electron chi connectivity index (χ4n) is 7.56. The van der Waals surface area contributed by atoms with E-state index in [0.717, 1.165) is 55.0 Å². The zero-order valence-electron chi connectivity index (χ0n) is 33.6. The van der Waals surface area contributed by atoms with E-state index in [2.05, 4.69) is 45.8 Å². The molecule has 4 amide bonds. The highest BCUT2D eigenvalue weighted by Gasteiger charge is 2.31. The Kier molecular flexibility index (Phi) is 11.4. The molecule has 6 aromatic heterocycles. The first kappa shape index (κ1) is 42.1. The molecule has 0 atom stereocenters. The first-order valence-corrected chi connectivity index (χ1v) is 20.2. The molecule has 0 aliphatic rings. The third-order valence-electron chi connectivity index (χ3n) is 10.6. The number of amides is 4. The summed E-state index contributed by atoms with van der Waals surface area (Å²) in [6, 6.07) is 27.0. The van der Waals surface area contributed by atoms with Gasteiger partial charge in [0.15, 0.2) is 0 Å². The van der Waals surface area contributed by atoms with Crippen LogP contribution in [0.1, 0.15) is 16.7 Å². The normalized spacial score (nSPS) is 11.5. The zero-order valence-corrected chi connectivity index (χ0v) is 34.4. The van der Waals surface area contributed by atoms with Crippen LogP contribution in [0.3, 0.4) is 0 Å². The summed E-state index contributed by atoms with van der Waals surface area (Å²) in [6.45, 7) is 1.22. The van der Waals surface area contributed by atoms with Gasteiger partial charge in [-0.1, -0.05) is 23.7 Å². The Morgan fingerprint density at radius 1 is 0.569 bits per heavy atom. The summed E-state index contributed by atoms with van der Waals surface area (Å²) >= 11 is 5.89. The van der Waals surface area contributed by atoms with Crippen LogP contribution in [0, 0.1) is 11.6 Å². The molecule has 4 aromatic carbocycles. The average Bonchev–Trinajstić information content (AvgIpc) is 4.11. The number of rotatable bonds is 8. The van der Waals surface area contributed by atoms with Gasteiger partial charge in [0.05, 0.1) is 39.3 Å². The second-order valence-electron chi connectivity index (χ2n) is 14.8. The standard InChI is InChI=1S/C24H17F4N5O.C23H17ClFN5O/c25-18-5-4-15(24(26,27)28)12-20(18)32-23(34)31-19-2-1-3-21-17(19)8-11-33(21)13-14-6-9-29-22-16(14)7-10-30-22;24-15-4-5-18(25)20(12-15)29-23(31)28-19-2-1-3-21-17(19)8-11-30(21)13-14-6-9-26-22-16(14)7-10-27-22/h1-12H,13H2,(H,29,30)(H2,31,32,34);1-12H,13H2,(H,26,27)(H2,28,29,31). The Balaban J connectivity index is 0.000000165. The topological polar surface area (TPSA) is 149 Å². The molecular weight excluding hydrogens is 867 g/mol. The van der Waals surface area contributed by atoms with Crippen molar-refractivity contribution in [2.45, 2.75) is 19.3 Å². The number of aromatic nitrogens is 6. The van der Waals surface area contributed by atoms with Crippen molar-refractivity contribution in [2.75, 3.05) is 21.3 Å². The lowest BCUT2D eigenvalue weighted by Gasteiger charge is -2.12. The summed E-state index contributed by atoms with van der Waals surface area (Å²) in [5.74, 6) is -1.53. The molecule has 6 N–H and O–H groups in total. The number of H-pyrrole nitrogens is 2.